The van der Waals surface area contributed by atoms with E-state index in [1.807, 2.05) is 7.05 Å². The number of nitrogens with two attached hydrogens (primary N) is 1. The van der Waals surface area contributed by atoms with E-state index in [4.69, 9.17) is 11.1 Å². The van der Waals surface area contributed by atoms with E-state index in [-0.39, 0.29) is 5.84 Å². The van der Waals surface area contributed by atoms with Gasteiger partial charge in [0.25, 0.3) is 0 Å². The SMILES string of the molecule is CN1CCCC(N(C)c2nccnc2C(=N)N)C1. The third-order valence-electron chi connectivity index (χ3n) is 3.42. The topological polar surface area (TPSA) is 82.1 Å². The quantitative estimate of drug-likeness (QED) is 0.593. The summed E-state index contributed by atoms with van der Waals surface area (Å²) in [7, 11) is 4.13. The fourth-order valence-electron chi connectivity index (χ4n) is 2.41. The van der Waals surface area contributed by atoms with Gasteiger partial charge in [0.1, 0.15) is 11.5 Å². The molecule has 98 valence electrons. The number of amidine groups is 1. The molecule has 1 aromatic heterocycles. The van der Waals surface area contributed by atoms with Crippen LogP contribution in [-0.2, 0) is 0 Å². The van der Waals surface area contributed by atoms with Gasteiger partial charge in [-0.15, -0.1) is 0 Å². The summed E-state index contributed by atoms with van der Waals surface area (Å²) in [6, 6.07) is 0.401. The first-order chi connectivity index (χ1) is 8.59. The van der Waals surface area contributed by atoms with E-state index in [1.54, 1.807) is 12.4 Å². The van der Waals surface area contributed by atoms with Gasteiger partial charge in [0.2, 0.25) is 0 Å². The van der Waals surface area contributed by atoms with Crippen molar-refractivity contribution < 1.29 is 0 Å². The van der Waals surface area contributed by atoms with Gasteiger partial charge in [-0.2, -0.15) is 0 Å². The molecule has 1 aliphatic heterocycles. The number of hydrogen-bond acceptors (Lipinski definition) is 5. The van der Waals surface area contributed by atoms with Crippen molar-refractivity contribution in [2.45, 2.75) is 18.9 Å². The zero-order valence-corrected chi connectivity index (χ0v) is 10.9. The van der Waals surface area contributed by atoms with Crippen LogP contribution >= 0.6 is 0 Å². The maximum Gasteiger partial charge on any atom is 0.158 e. The number of likely N-dealkylation sites (tertiary alicyclic amines) is 1. The summed E-state index contributed by atoms with van der Waals surface area (Å²) in [5.41, 5.74) is 6.02. The molecule has 0 amide bonds. The molecular weight excluding hydrogens is 228 g/mol. The van der Waals surface area contributed by atoms with Crippen LogP contribution in [0.1, 0.15) is 18.5 Å². The number of aromatic nitrogens is 2. The molecule has 1 unspecified atom stereocenters. The van der Waals surface area contributed by atoms with Gasteiger partial charge in [-0.05, 0) is 26.4 Å². The lowest BCUT2D eigenvalue weighted by Crippen LogP contribution is -2.46. The molecule has 0 saturated carbocycles. The first-order valence-corrected chi connectivity index (χ1v) is 6.16. The van der Waals surface area contributed by atoms with E-state index in [2.05, 4.69) is 26.8 Å². The van der Waals surface area contributed by atoms with Crippen LogP contribution in [0.2, 0.25) is 0 Å². The van der Waals surface area contributed by atoms with Crippen molar-refractivity contribution in [3.8, 4) is 0 Å². The largest absolute Gasteiger partial charge is 0.382 e. The summed E-state index contributed by atoms with van der Waals surface area (Å²) >= 11 is 0. The second-order valence-electron chi connectivity index (χ2n) is 4.81. The van der Waals surface area contributed by atoms with Gasteiger partial charge >= 0.3 is 0 Å². The Balaban J connectivity index is 2.22. The summed E-state index contributed by atoms with van der Waals surface area (Å²) in [5.74, 6) is 0.666. The molecule has 18 heavy (non-hydrogen) atoms. The van der Waals surface area contributed by atoms with Crippen molar-refractivity contribution in [3.05, 3.63) is 18.1 Å². The molecule has 3 N–H and O–H groups in total. The fourth-order valence-corrected chi connectivity index (χ4v) is 2.41. The number of rotatable bonds is 3. The van der Waals surface area contributed by atoms with Gasteiger partial charge < -0.3 is 15.5 Å². The molecule has 0 aromatic carbocycles. The van der Waals surface area contributed by atoms with Crippen molar-refractivity contribution in [1.82, 2.24) is 14.9 Å². The van der Waals surface area contributed by atoms with Gasteiger partial charge in [0.15, 0.2) is 5.82 Å². The summed E-state index contributed by atoms with van der Waals surface area (Å²) in [4.78, 5) is 12.9. The van der Waals surface area contributed by atoms with Crippen molar-refractivity contribution in [2.24, 2.45) is 5.73 Å². The van der Waals surface area contributed by atoms with Crippen LogP contribution in [-0.4, -0.2) is 53.9 Å². The monoisotopic (exact) mass is 248 g/mol. The van der Waals surface area contributed by atoms with Crippen molar-refractivity contribution in [3.63, 3.8) is 0 Å². The predicted octanol–water partition coefficient (Wildman–Crippen LogP) is 0.291. The predicted molar refractivity (Wildman–Crippen MR) is 72.0 cm³/mol. The Morgan fingerprint density at radius 2 is 2.22 bits per heavy atom. The van der Waals surface area contributed by atoms with E-state index in [9.17, 15) is 0 Å². The average Bonchev–Trinajstić information content (AvgIpc) is 2.38. The Kier molecular flexibility index (Phi) is 3.76. The molecule has 0 bridgehead atoms. The fraction of sp³-hybridized carbons (Fsp3) is 0.583. The zero-order valence-electron chi connectivity index (χ0n) is 10.9. The van der Waals surface area contributed by atoms with Crippen LogP contribution in [0.15, 0.2) is 12.4 Å². The third-order valence-corrected chi connectivity index (χ3v) is 3.42. The number of likely N-dealkylation sites (N-methyl/N-ethyl adjacent to an activating group) is 2. The second kappa shape index (κ2) is 5.30. The Labute approximate surface area is 107 Å². The van der Waals surface area contributed by atoms with Crippen LogP contribution in [0.4, 0.5) is 5.82 Å². The number of piperidine rings is 1. The van der Waals surface area contributed by atoms with Gasteiger partial charge in [-0.1, -0.05) is 0 Å². The molecule has 0 aliphatic carbocycles. The van der Waals surface area contributed by atoms with Gasteiger partial charge in [0, 0.05) is 32.0 Å². The van der Waals surface area contributed by atoms with Crippen LogP contribution in [0, 0.1) is 5.41 Å². The Morgan fingerprint density at radius 3 is 2.89 bits per heavy atom. The molecule has 1 atom stereocenters. The number of nitrogens with zero attached hydrogens (tertiary/aromatic N) is 4. The molecule has 1 fully saturated rings. The first kappa shape index (κ1) is 12.8. The average molecular weight is 248 g/mol. The molecule has 6 nitrogen and oxygen atoms in total. The van der Waals surface area contributed by atoms with Crippen LogP contribution in [0.5, 0.6) is 0 Å². The van der Waals surface area contributed by atoms with Gasteiger partial charge in [-0.25, -0.2) is 9.97 Å². The minimum absolute atomic E-state index is 0.0332. The van der Waals surface area contributed by atoms with E-state index < -0.39 is 0 Å². The lowest BCUT2D eigenvalue weighted by molar-refractivity contribution is 0.247. The minimum Gasteiger partial charge on any atom is -0.382 e. The Bertz CT molecular complexity index is 432. The maximum atomic E-state index is 7.56. The van der Waals surface area contributed by atoms with E-state index in [0.29, 0.717) is 17.6 Å². The summed E-state index contributed by atoms with van der Waals surface area (Å²) < 4.78 is 0. The molecule has 2 heterocycles. The Hall–Kier alpha value is -1.69. The molecule has 0 radical (unpaired) electrons. The molecule has 1 saturated heterocycles. The van der Waals surface area contributed by atoms with E-state index >= 15 is 0 Å². The minimum atomic E-state index is -0.0332. The number of hydrogen-bond donors (Lipinski definition) is 2. The second-order valence-corrected chi connectivity index (χ2v) is 4.81. The third kappa shape index (κ3) is 2.59. The highest BCUT2D eigenvalue weighted by atomic mass is 15.2. The summed E-state index contributed by atoms with van der Waals surface area (Å²) in [6.07, 6.45) is 5.53. The molecule has 0 spiro atoms. The van der Waals surface area contributed by atoms with Crippen LogP contribution < -0.4 is 10.6 Å². The molecule has 2 rings (SSSR count). The van der Waals surface area contributed by atoms with Gasteiger partial charge in [-0.3, -0.25) is 5.41 Å². The summed E-state index contributed by atoms with van der Waals surface area (Å²) in [5, 5.41) is 7.56. The number of anilines is 1. The standard InChI is InChI=1S/C12H20N6/c1-17-7-3-4-9(8-17)18(2)12-10(11(13)14)15-5-6-16-12/h5-6,9H,3-4,7-8H2,1-2H3,(H3,13,14). The van der Waals surface area contributed by atoms with Crippen LogP contribution in [0.3, 0.4) is 0 Å². The molecule has 1 aromatic rings. The Morgan fingerprint density at radius 1 is 1.50 bits per heavy atom. The van der Waals surface area contributed by atoms with Crippen molar-refractivity contribution >= 4 is 11.7 Å². The lowest BCUT2D eigenvalue weighted by atomic mass is 10.0. The smallest absolute Gasteiger partial charge is 0.158 e. The normalized spacial score (nSPS) is 20.7. The first-order valence-electron chi connectivity index (χ1n) is 6.16. The summed E-state index contributed by atoms with van der Waals surface area (Å²) in [6.45, 7) is 2.15. The lowest BCUT2D eigenvalue weighted by Gasteiger charge is -2.36. The molecular formula is C12H20N6. The molecule has 1 aliphatic rings. The highest BCUT2D eigenvalue weighted by Crippen LogP contribution is 2.20. The maximum absolute atomic E-state index is 7.56. The molecule has 6 heteroatoms. The van der Waals surface area contributed by atoms with E-state index in [0.717, 1.165) is 19.5 Å². The highest BCUT2D eigenvalue weighted by molar-refractivity contribution is 5.97. The highest BCUT2D eigenvalue weighted by Gasteiger charge is 2.24. The number of nitrogen functional groups attached to an aromatic ring is 1. The van der Waals surface area contributed by atoms with Gasteiger partial charge in [0.05, 0.1) is 0 Å². The number of nitrogens with one attached hydrogen (secondary N) is 1. The zero-order chi connectivity index (χ0) is 13.1. The van der Waals surface area contributed by atoms with Crippen molar-refractivity contribution in [2.75, 3.05) is 32.1 Å². The van der Waals surface area contributed by atoms with E-state index in [1.165, 1.54) is 6.42 Å². The van der Waals surface area contributed by atoms with Crippen molar-refractivity contribution in [1.29, 1.82) is 5.41 Å². The van der Waals surface area contributed by atoms with Crippen LogP contribution in [0.25, 0.3) is 0 Å².